The normalized spacial score (nSPS) is 15.4. The van der Waals surface area contributed by atoms with Crippen LogP contribution in [0.25, 0.3) is 0 Å². The summed E-state index contributed by atoms with van der Waals surface area (Å²) in [6.07, 6.45) is 1.05. The maximum atomic E-state index is 10.4. The van der Waals surface area contributed by atoms with Gasteiger partial charge >= 0.3 is 0 Å². The van der Waals surface area contributed by atoms with Gasteiger partial charge in [-0.05, 0) is 6.92 Å². The lowest BCUT2D eigenvalue weighted by molar-refractivity contribution is 0.265. The fourth-order valence-electron chi connectivity index (χ4n) is 0.403. The molecule has 0 amide bonds. The molecule has 0 aliphatic carbocycles. The van der Waals surface area contributed by atoms with Crippen LogP contribution >= 0.6 is 0 Å². The van der Waals surface area contributed by atoms with Crippen molar-refractivity contribution in [2.24, 2.45) is 0 Å². The number of aliphatic hydroxyl groups is 1. The first-order chi connectivity index (χ1) is 3.95. The van der Waals surface area contributed by atoms with Crippen LogP contribution in [0, 0.1) is 0 Å². The summed E-state index contributed by atoms with van der Waals surface area (Å²) in [4.78, 5) is 0. The highest BCUT2D eigenvalue weighted by Gasteiger charge is 2.05. The first-order valence-electron chi connectivity index (χ1n) is 2.54. The quantitative estimate of drug-likeness (QED) is 0.542. The van der Waals surface area contributed by atoms with Crippen LogP contribution in [0.15, 0.2) is 0 Å². The van der Waals surface area contributed by atoms with Gasteiger partial charge in [0.25, 0.3) is 0 Å². The fourth-order valence-corrected chi connectivity index (χ4v) is 1.21. The third-order valence-electron chi connectivity index (χ3n) is 0.689. The van der Waals surface area contributed by atoms with Crippen LogP contribution in [0.1, 0.15) is 6.92 Å². The average molecular weight is 153 g/mol. The van der Waals surface area contributed by atoms with E-state index in [2.05, 4.69) is 4.72 Å². The molecule has 2 N–H and O–H groups in total. The van der Waals surface area contributed by atoms with E-state index in [1.165, 1.54) is 0 Å². The molecule has 0 aromatic heterocycles. The third kappa shape index (κ3) is 5.75. The van der Waals surface area contributed by atoms with Crippen LogP contribution in [0.3, 0.4) is 0 Å². The van der Waals surface area contributed by atoms with E-state index in [9.17, 15) is 8.42 Å². The van der Waals surface area contributed by atoms with Gasteiger partial charge in [0.1, 0.15) is 0 Å². The van der Waals surface area contributed by atoms with Crippen molar-refractivity contribution in [3.05, 3.63) is 0 Å². The second-order valence-corrected chi connectivity index (χ2v) is 3.75. The van der Waals surface area contributed by atoms with Gasteiger partial charge in [-0.15, -0.1) is 0 Å². The fraction of sp³-hybridized carbons (Fsp3) is 1.00. The van der Waals surface area contributed by atoms with Crippen molar-refractivity contribution in [2.45, 2.75) is 13.0 Å². The molecule has 0 fully saturated rings. The lowest BCUT2D eigenvalue weighted by Crippen LogP contribution is -2.33. The zero-order valence-corrected chi connectivity index (χ0v) is 6.27. The second kappa shape index (κ2) is 3.14. The van der Waals surface area contributed by atoms with Crippen molar-refractivity contribution in [1.82, 2.24) is 4.72 Å². The summed E-state index contributed by atoms with van der Waals surface area (Å²) < 4.78 is 22.9. The largest absolute Gasteiger partial charge is 0.395 e. The minimum absolute atomic E-state index is 0.174. The standard InChI is InChI=1S/C4H11NO3S/c1-4(3-6)5-9(2,7)8/h4-6H,3H2,1-2H3/t4-/m0/s1. The van der Waals surface area contributed by atoms with Gasteiger partial charge in [0.2, 0.25) is 10.0 Å². The summed E-state index contributed by atoms with van der Waals surface area (Å²) in [5, 5.41) is 8.37. The number of nitrogens with one attached hydrogen (secondary N) is 1. The topological polar surface area (TPSA) is 66.4 Å². The molecule has 0 spiro atoms. The van der Waals surface area contributed by atoms with Crippen molar-refractivity contribution in [1.29, 1.82) is 0 Å². The molecule has 56 valence electrons. The highest BCUT2D eigenvalue weighted by Crippen LogP contribution is 1.81. The van der Waals surface area contributed by atoms with Gasteiger partial charge in [-0.2, -0.15) is 0 Å². The summed E-state index contributed by atoms with van der Waals surface area (Å²) in [7, 11) is -3.15. The molecule has 0 bridgehead atoms. The molecule has 0 aliphatic heterocycles. The van der Waals surface area contributed by atoms with E-state index in [1.54, 1.807) is 6.92 Å². The summed E-state index contributed by atoms with van der Waals surface area (Å²) >= 11 is 0. The average Bonchev–Trinajstić information content (AvgIpc) is 1.62. The minimum Gasteiger partial charge on any atom is -0.395 e. The van der Waals surface area contributed by atoms with Crippen molar-refractivity contribution in [3.63, 3.8) is 0 Å². The Morgan fingerprint density at radius 1 is 1.67 bits per heavy atom. The number of hydrogen-bond acceptors (Lipinski definition) is 3. The summed E-state index contributed by atoms with van der Waals surface area (Å²) in [5.41, 5.74) is 0. The van der Waals surface area contributed by atoms with Crippen molar-refractivity contribution < 1.29 is 13.5 Å². The van der Waals surface area contributed by atoms with E-state index in [0.29, 0.717) is 0 Å². The molecule has 0 saturated heterocycles. The van der Waals surface area contributed by atoms with Gasteiger partial charge in [0.05, 0.1) is 12.9 Å². The van der Waals surface area contributed by atoms with E-state index >= 15 is 0 Å². The van der Waals surface area contributed by atoms with E-state index in [0.717, 1.165) is 6.26 Å². The zero-order chi connectivity index (χ0) is 7.49. The van der Waals surface area contributed by atoms with Crippen molar-refractivity contribution in [3.8, 4) is 0 Å². The molecule has 0 aromatic rings. The lowest BCUT2D eigenvalue weighted by atomic mass is 10.4. The van der Waals surface area contributed by atoms with E-state index in [-0.39, 0.29) is 12.6 Å². The maximum absolute atomic E-state index is 10.4. The SMILES string of the molecule is C[C@@H](CO)NS(C)(=O)=O. The van der Waals surface area contributed by atoms with Gasteiger partial charge < -0.3 is 5.11 Å². The first kappa shape index (κ1) is 8.87. The Labute approximate surface area is 54.9 Å². The van der Waals surface area contributed by atoms with Crippen LogP contribution in [0.5, 0.6) is 0 Å². The molecule has 1 atom stereocenters. The van der Waals surface area contributed by atoms with E-state index in [1.807, 2.05) is 0 Å². The van der Waals surface area contributed by atoms with Crippen LogP contribution < -0.4 is 4.72 Å². The number of rotatable bonds is 3. The Bertz CT molecular complexity index is 163. The monoisotopic (exact) mass is 153 g/mol. The number of sulfonamides is 1. The Kier molecular flexibility index (Phi) is 3.10. The maximum Gasteiger partial charge on any atom is 0.209 e. The van der Waals surface area contributed by atoms with Crippen LogP contribution in [-0.2, 0) is 10.0 Å². The van der Waals surface area contributed by atoms with Gasteiger partial charge in [-0.3, -0.25) is 0 Å². The molecular weight excluding hydrogens is 142 g/mol. The molecule has 0 aliphatic rings. The second-order valence-electron chi connectivity index (χ2n) is 1.97. The van der Waals surface area contributed by atoms with Gasteiger partial charge in [-0.1, -0.05) is 0 Å². The first-order valence-corrected chi connectivity index (χ1v) is 4.43. The summed E-state index contributed by atoms with van der Waals surface area (Å²) in [5.74, 6) is 0. The summed E-state index contributed by atoms with van der Waals surface area (Å²) in [6, 6.07) is -0.389. The molecule has 0 aromatic carbocycles. The van der Waals surface area contributed by atoms with Crippen LogP contribution in [0.2, 0.25) is 0 Å². The number of aliphatic hydroxyl groups excluding tert-OH is 1. The molecular formula is C4H11NO3S. The van der Waals surface area contributed by atoms with Crippen LogP contribution in [0.4, 0.5) is 0 Å². The molecule has 0 unspecified atom stereocenters. The minimum atomic E-state index is -3.15. The van der Waals surface area contributed by atoms with Gasteiger partial charge in [0, 0.05) is 6.04 Å². The predicted octanol–water partition coefficient (Wildman–Crippen LogP) is -1.08. The highest BCUT2D eigenvalue weighted by atomic mass is 32.2. The summed E-state index contributed by atoms with van der Waals surface area (Å²) in [6.45, 7) is 1.41. The molecule has 0 radical (unpaired) electrons. The van der Waals surface area contributed by atoms with Crippen LogP contribution in [-0.4, -0.2) is 32.4 Å². The van der Waals surface area contributed by atoms with Crippen molar-refractivity contribution >= 4 is 10.0 Å². The molecule has 0 heterocycles. The Morgan fingerprint density at radius 2 is 2.11 bits per heavy atom. The van der Waals surface area contributed by atoms with E-state index < -0.39 is 10.0 Å². The Morgan fingerprint density at radius 3 is 2.22 bits per heavy atom. The molecule has 0 rings (SSSR count). The molecule has 9 heavy (non-hydrogen) atoms. The smallest absolute Gasteiger partial charge is 0.209 e. The molecule has 5 heteroatoms. The molecule has 0 saturated carbocycles. The van der Waals surface area contributed by atoms with Gasteiger partial charge in [-0.25, -0.2) is 13.1 Å². The van der Waals surface area contributed by atoms with Crippen molar-refractivity contribution in [2.75, 3.05) is 12.9 Å². The number of hydrogen-bond donors (Lipinski definition) is 2. The Balaban J connectivity index is 3.75. The highest BCUT2D eigenvalue weighted by molar-refractivity contribution is 7.88. The lowest BCUT2D eigenvalue weighted by Gasteiger charge is -2.06. The third-order valence-corrected chi connectivity index (χ3v) is 1.52. The Hall–Kier alpha value is -0.130. The predicted molar refractivity (Wildman–Crippen MR) is 34.5 cm³/mol. The zero-order valence-electron chi connectivity index (χ0n) is 5.46. The van der Waals surface area contributed by atoms with Gasteiger partial charge in [0.15, 0.2) is 0 Å². The molecule has 4 nitrogen and oxygen atoms in total. The van der Waals surface area contributed by atoms with E-state index in [4.69, 9.17) is 5.11 Å².